The van der Waals surface area contributed by atoms with Crippen LogP contribution in [0.1, 0.15) is 15.9 Å². The minimum atomic E-state index is 0.0151. The number of hydrogen-bond donors (Lipinski definition) is 0. The van der Waals surface area contributed by atoms with Crippen molar-refractivity contribution in [1.29, 1.82) is 0 Å². The molecule has 0 unspecified atom stereocenters. The summed E-state index contributed by atoms with van der Waals surface area (Å²) in [6, 6.07) is 18.8. The number of carbonyl (C=O) groups excluding carboxylic acids is 1. The van der Waals surface area contributed by atoms with Gasteiger partial charge in [-0.15, -0.1) is 0 Å². The van der Waals surface area contributed by atoms with E-state index in [0.29, 0.717) is 11.1 Å². The molecular weight excluding hydrogens is 328 g/mol. The lowest BCUT2D eigenvalue weighted by Crippen LogP contribution is -2.02. The van der Waals surface area contributed by atoms with Gasteiger partial charge in [-0.05, 0) is 47.2 Å². The lowest BCUT2D eigenvalue weighted by molar-refractivity contribution is 0.104. The molecular formula is C18H13BrO2. The number of ether oxygens (including phenoxy) is 1. The fourth-order valence-corrected chi connectivity index (χ4v) is 2.84. The van der Waals surface area contributed by atoms with Gasteiger partial charge in [0, 0.05) is 15.6 Å². The zero-order valence-corrected chi connectivity index (χ0v) is 13.1. The fraction of sp³-hybridized carbons (Fsp3) is 0.0556. The van der Waals surface area contributed by atoms with Gasteiger partial charge in [0.1, 0.15) is 5.75 Å². The molecule has 3 rings (SSSR count). The highest BCUT2D eigenvalue weighted by Gasteiger charge is 2.13. The Balaban J connectivity index is 2.11. The third-order valence-corrected chi connectivity index (χ3v) is 4.16. The highest BCUT2D eigenvalue weighted by molar-refractivity contribution is 9.10. The van der Waals surface area contributed by atoms with Gasteiger partial charge in [-0.3, -0.25) is 4.79 Å². The highest BCUT2D eigenvalue weighted by Crippen LogP contribution is 2.28. The maximum Gasteiger partial charge on any atom is 0.193 e. The summed E-state index contributed by atoms with van der Waals surface area (Å²) in [6.07, 6.45) is 0. The summed E-state index contributed by atoms with van der Waals surface area (Å²) >= 11 is 3.53. The van der Waals surface area contributed by atoms with Crippen LogP contribution >= 0.6 is 15.9 Å². The number of methoxy groups -OCH3 is 1. The molecule has 0 N–H and O–H groups in total. The Bertz CT molecular complexity index is 807. The van der Waals surface area contributed by atoms with Crippen molar-refractivity contribution in [2.75, 3.05) is 7.11 Å². The van der Waals surface area contributed by atoms with Gasteiger partial charge in [0.15, 0.2) is 5.78 Å². The van der Waals surface area contributed by atoms with E-state index in [1.54, 1.807) is 31.4 Å². The predicted molar refractivity (Wildman–Crippen MR) is 88.1 cm³/mol. The molecule has 0 saturated heterocycles. The summed E-state index contributed by atoms with van der Waals surface area (Å²) in [5.41, 5.74) is 1.36. The number of halogens is 1. The smallest absolute Gasteiger partial charge is 0.193 e. The first kappa shape index (κ1) is 13.8. The van der Waals surface area contributed by atoms with Gasteiger partial charge in [-0.25, -0.2) is 0 Å². The first-order valence-corrected chi connectivity index (χ1v) is 7.36. The number of hydrogen-bond acceptors (Lipinski definition) is 2. The molecule has 0 spiro atoms. The van der Waals surface area contributed by atoms with Gasteiger partial charge in [0.25, 0.3) is 0 Å². The molecule has 0 saturated carbocycles. The van der Waals surface area contributed by atoms with Crippen molar-refractivity contribution in [3.05, 3.63) is 76.3 Å². The molecule has 0 aromatic heterocycles. The Morgan fingerprint density at radius 1 is 0.905 bits per heavy atom. The van der Waals surface area contributed by atoms with Crippen LogP contribution in [0.25, 0.3) is 10.8 Å². The second kappa shape index (κ2) is 5.70. The number of rotatable bonds is 3. The van der Waals surface area contributed by atoms with Crippen molar-refractivity contribution in [2.45, 2.75) is 0 Å². The quantitative estimate of drug-likeness (QED) is 0.637. The molecule has 21 heavy (non-hydrogen) atoms. The second-order valence-electron chi connectivity index (χ2n) is 4.70. The van der Waals surface area contributed by atoms with Crippen molar-refractivity contribution < 1.29 is 9.53 Å². The largest absolute Gasteiger partial charge is 0.497 e. The maximum atomic E-state index is 12.7. The van der Waals surface area contributed by atoms with Crippen molar-refractivity contribution in [1.82, 2.24) is 0 Å². The van der Waals surface area contributed by atoms with Crippen LogP contribution in [0.4, 0.5) is 0 Å². The lowest BCUT2D eigenvalue weighted by atomic mass is 9.97. The summed E-state index contributed by atoms with van der Waals surface area (Å²) in [5.74, 6) is 0.758. The summed E-state index contributed by atoms with van der Waals surface area (Å²) < 4.78 is 6.11. The molecule has 0 atom stereocenters. The van der Waals surface area contributed by atoms with E-state index in [0.717, 1.165) is 21.0 Å². The predicted octanol–water partition coefficient (Wildman–Crippen LogP) is 4.84. The Labute approximate surface area is 131 Å². The zero-order valence-electron chi connectivity index (χ0n) is 11.5. The van der Waals surface area contributed by atoms with E-state index in [9.17, 15) is 4.79 Å². The summed E-state index contributed by atoms with van der Waals surface area (Å²) in [6.45, 7) is 0. The molecule has 0 aliphatic heterocycles. The first-order chi connectivity index (χ1) is 10.2. The van der Waals surface area contributed by atoms with Crippen molar-refractivity contribution in [3.8, 4) is 5.75 Å². The number of benzene rings is 3. The van der Waals surface area contributed by atoms with Crippen LogP contribution in [0.2, 0.25) is 0 Å². The highest BCUT2D eigenvalue weighted by atomic mass is 79.9. The molecule has 0 aliphatic rings. The molecule has 0 bridgehead atoms. The van der Waals surface area contributed by atoms with E-state index < -0.39 is 0 Å². The topological polar surface area (TPSA) is 26.3 Å². The molecule has 3 aromatic carbocycles. The third-order valence-electron chi connectivity index (χ3n) is 3.47. The number of ketones is 1. The monoisotopic (exact) mass is 340 g/mol. The van der Waals surface area contributed by atoms with Crippen LogP contribution in [-0.4, -0.2) is 12.9 Å². The van der Waals surface area contributed by atoms with E-state index >= 15 is 0 Å². The Kier molecular flexibility index (Phi) is 3.76. The first-order valence-electron chi connectivity index (χ1n) is 6.56. The van der Waals surface area contributed by atoms with Crippen LogP contribution in [0.3, 0.4) is 0 Å². The van der Waals surface area contributed by atoms with Crippen LogP contribution in [-0.2, 0) is 0 Å². The molecule has 2 nitrogen and oxygen atoms in total. The van der Waals surface area contributed by atoms with Gasteiger partial charge in [0.2, 0.25) is 0 Å². The normalized spacial score (nSPS) is 10.6. The average molecular weight is 341 g/mol. The average Bonchev–Trinajstić information content (AvgIpc) is 2.55. The van der Waals surface area contributed by atoms with Crippen molar-refractivity contribution >= 4 is 32.5 Å². The lowest BCUT2D eigenvalue weighted by Gasteiger charge is -2.08. The molecule has 0 amide bonds. The summed E-state index contributed by atoms with van der Waals surface area (Å²) in [5, 5.41) is 1.99. The van der Waals surface area contributed by atoms with Crippen molar-refractivity contribution in [3.63, 3.8) is 0 Å². The van der Waals surface area contributed by atoms with Gasteiger partial charge in [0.05, 0.1) is 7.11 Å². The van der Waals surface area contributed by atoms with Crippen LogP contribution in [0.5, 0.6) is 5.75 Å². The Morgan fingerprint density at radius 2 is 1.57 bits per heavy atom. The summed E-state index contributed by atoms with van der Waals surface area (Å²) in [4.78, 5) is 12.7. The molecule has 0 radical (unpaired) electrons. The molecule has 0 fully saturated rings. The van der Waals surface area contributed by atoms with Crippen LogP contribution in [0.15, 0.2) is 65.1 Å². The van der Waals surface area contributed by atoms with Crippen LogP contribution in [0, 0.1) is 0 Å². The summed E-state index contributed by atoms with van der Waals surface area (Å²) in [7, 11) is 1.61. The van der Waals surface area contributed by atoms with Gasteiger partial charge >= 0.3 is 0 Å². The minimum Gasteiger partial charge on any atom is -0.497 e. The molecule has 0 heterocycles. The Morgan fingerprint density at radius 3 is 2.24 bits per heavy atom. The second-order valence-corrected chi connectivity index (χ2v) is 5.55. The van der Waals surface area contributed by atoms with Gasteiger partial charge in [-0.1, -0.05) is 40.2 Å². The van der Waals surface area contributed by atoms with E-state index in [4.69, 9.17) is 4.74 Å². The fourth-order valence-electron chi connectivity index (χ4n) is 2.36. The molecule has 104 valence electrons. The molecule has 0 aliphatic carbocycles. The number of fused-ring (bicyclic) bond motifs is 1. The SMILES string of the molecule is COc1ccc(C(=O)c2ccc(Br)c3ccccc23)cc1. The van der Waals surface area contributed by atoms with E-state index in [2.05, 4.69) is 15.9 Å². The third kappa shape index (κ3) is 2.57. The van der Waals surface area contributed by atoms with Gasteiger partial charge < -0.3 is 4.74 Å². The van der Waals surface area contributed by atoms with E-state index in [1.807, 2.05) is 36.4 Å². The maximum absolute atomic E-state index is 12.7. The van der Waals surface area contributed by atoms with Gasteiger partial charge in [-0.2, -0.15) is 0 Å². The van der Waals surface area contributed by atoms with E-state index in [1.165, 1.54) is 0 Å². The van der Waals surface area contributed by atoms with Crippen molar-refractivity contribution in [2.24, 2.45) is 0 Å². The zero-order chi connectivity index (χ0) is 14.8. The standard InChI is InChI=1S/C18H13BrO2/c1-21-13-8-6-12(7-9-13)18(20)16-10-11-17(19)15-5-3-2-4-14(15)16/h2-11H,1H3. The van der Waals surface area contributed by atoms with E-state index in [-0.39, 0.29) is 5.78 Å². The Hall–Kier alpha value is -2.13. The molecule has 3 aromatic rings. The van der Waals surface area contributed by atoms with Crippen LogP contribution < -0.4 is 4.74 Å². The number of carbonyl (C=O) groups is 1. The minimum absolute atomic E-state index is 0.0151. The molecule has 3 heteroatoms.